The molecular formula is C7H8N2O. The van der Waals surface area contributed by atoms with Gasteiger partial charge in [0.2, 0.25) is 0 Å². The Kier molecular flexibility index (Phi) is 1.99. The van der Waals surface area contributed by atoms with Gasteiger partial charge in [0.1, 0.15) is 5.69 Å². The number of allylic oxidation sites excluding steroid dienone is 1. The summed E-state index contributed by atoms with van der Waals surface area (Å²) in [6.07, 6.45) is 4.62. The zero-order valence-electron chi connectivity index (χ0n) is 5.50. The zero-order chi connectivity index (χ0) is 7.40. The SMILES string of the molecule is C=CCc1[nH]cnc1C=O. The van der Waals surface area contributed by atoms with Crippen molar-refractivity contribution in [2.24, 2.45) is 0 Å². The van der Waals surface area contributed by atoms with E-state index in [0.717, 1.165) is 12.0 Å². The first-order valence-electron chi connectivity index (χ1n) is 2.96. The second kappa shape index (κ2) is 2.96. The second-order valence-corrected chi connectivity index (χ2v) is 1.88. The Morgan fingerprint density at radius 3 is 3.20 bits per heavy atom. The molecule has 1 aromatic rings. The van der Waals surface area contributed by atoms with E-state index in [4.69, 9.17) is 0 Å². The van der Waals surface area contributed by atoms with Crippen molar-refractivity contribution >= 4 is 6.29 Å². The van der Waals surface area contributed by atoms with Gasteiger partial charge in [0, 0.05) is 12.1 Å². The van der Waals surface area contributed by atoms with Crippen LogP contribution in [-0.2, 0) is 6.42 Å². The zero-order valence-corrected chi connectivity index (χ0v) is 5.50. The number of rotatable bonds is 3. The molecule has 0 aliphatic rings. The first-order valence-corrected chi connectivity index (χ1v) is 2.96. The van der Waals surface area contributed by atoms with Crippen molar-refractivity contribution in [2.45, 2.75) is 6.42 Å². The van der Waals surface area contributed by atoms with Gasteiger partial charge in [0.25, 0.3) is 0 Å². The van der Waals surface area contributed by atoms with E-state index in [1.807, 2.05) is 0 Å². The van der Waals surface area contributed by atoms with Crippen LogP contribution in [0.25, 0.3) is 0 Å². The van der Waals surface area contributed by atoms with E-state index in [2.05, 4.69) is 16.5 Å². The molecule has 1 heterocycles. The summed E-state index contributed by atoms with van der Waals surface area (Å²) in [4.78, 5) is 16.9. The van der Waals surface area contributed by atoms with E-state index < -0.39 is 0 Å². The molecule has 0 bridgehead atoms. The lowest BCUT2D eigenvalue weighted by Crippen LogP contribution is -1.88. The second-order valence-electron chi connectivity index (χ2n) is 1.88. The van der Waals surface area contributed by atoms with Crippen molar-refractivity contribution in [3.05, 3.63) is 30.4 Å². The quantitative estimate of drug-likeness (QED) is 0.496. The van der Waals surface area contributed by atoms with Crippen LogP contribution >= 0.6 is 0 Å². The number of aldehydes is 1. The Morgan fingerprint density at radius 2 is 2.60 bits per heavy atom. The molecule has 0 radical (unpaired) electrons. The van der Waals surface area contributed by atoms with Gasteiger partial charge in [-0.05, 0) is 0 Å². The number of aromatic amines is 1. The maximum atomic E-state index is 10.2. The summed E-state index contributed by atoms with van der Waals surface area (Å²) >= 11 is 0. The third kappa shape index (κ3) is 1.13. The molecule has 0 saturated heterocycles. The Bertz CT molecular complexity index is 240. The number of H-pyrrole nitrogens is 1. The summed E-state index contributed by atoms with van der Waals surface area (Å²) < 4.78 is 0. The Labute approximate surface area is 58.8 Å². The summed E-state index contributed by atoms with van der Waals surface area (Å²) in [5, 5.41) is 0. The standard InChI is InChI=1S/C7H8N2O/c1-2-3-6-7(4-10)9-5-8-6/h2,4-5H,1,3H2,(H,8,9). The van der Waals surface area contributed by atoms with Crippen LogP contribution in [0, 0.1) is 0 Å². The molecule has 1 rings (SSSR count). The van der Waals surface area contributed by atoms with Crippen LogP contribution < -0.4 is 0 Å². The minimum Gasteiger partial charge on any atom is -0.348 e. The average Bonchev–Trinajstić information content (AvgIpc) is 2.36. The Hall–Kier alpha value is -1.38. The van der Waals surface area contributed by atoms with Crippen LogP contribution in [0.3, 0.4) is 0 Å². The van der Waals surface area contributed by atoms with Gasteiger partial charge in [-0.2, -0.15) is 0 Å². The monoisotopic (exact) mass is 136 g/mol. The third-order valence-corrected chi connectivity index (χ3v) is 1.21. The molecule has 0 fully saturated rings. The lowest BCUT2D eigenvalue weighted by molar-refractivity contribution is 0.111. The highest BCUT2D eigenvalue weighted by molar-refractivity contribution is 5.73. The van der Waals surface area contributed by atoms with Gasteiger partial charge < -0.3 is 4.98 Å². The number of imidazole rings is 1. The number of nitrogens with one attached hydrogen (secondary N) is 1. The van der Waals surface area contributed by atoms with E-state index in [0.29, 0.717) is 12.1 Å². The van der Waals surface area contributed by atoms with Crippen LogP contribution in [0.1, 0.15) is 16.2 Å². The van der Waals surface area contributed by atoms with E-state index in [9.17, 15) is 4.79 Å². The first kappa shape index (κ1) is 6.74. The van der Waals surface area contributed by atoms with Crippen LogP contribution in [0.5, 0.6) is 0 Å². The number of carbonyl (C=O) groups is 1. The number of aromatic nitrogens is 2. The lowest BCUT2D eigenvalue weighted by Gasteiger charge is -1.87. The highest BCUT2D eigenvalue weighted by atomic mass is 16.1. The fourth-order valence-corrected chi connectivity index (χ4v) is 0.741. The van der Waals surface area contributed by atoms with E-state index >= 15 is 0 Å². The van der Waals surface area contributed by atoms with Crippen molar-refractivity contribution in [1.82, 2.24) is 9.97 Å². The molecule has 0 unspecified atom stereocenters. The smallest absolute Gasteiger partial charge is 0.170 e. The summed E-state index contributed by atoms with van der Waals surface area (Å²) in [7, 11) is 0. The number of hydrogen-bond donors (Lipinski definition) is 1. The van der Waals surface area contributed by atoms with E-state index in [1.54, 1.807) is 6.08 Å². The van der Waals surface area contributed by atoms with E-state index in [-0.39, 0.29) is 0 Å². The highest BCUT2D eigenvalue weighted by Gasteiger charge is 1.99. The van der Waals surface area contributed by atoms with Gasteiger partial charge in [0.15, 0.2) is 6.29 Å². The predicted molar refractivity (Wildman–Crippen MR) is 37.9 cm³/mol. The van der Waals surface area contributed by atoms with Gasteiger partial charge in [-0.15, -0.1) is 6.58 Å². The molecule has 10 heavy (non-hydrogen) atoms. The minimum absolute atomic E-state index is 0.472. The summed E-state index contributed by atoms with van der Waals surface area (Å²) in [6, 6.07) is 0. The van der Waals surface area contributed by atoms with Crippen molar-refractivity contribution < 1.29 is 4.79 Å². The van der Waals surface area contributed by atoms with Crippen molar-refractivity contribution in [3.63, 3.8) is 0 Å². The molecule has 0 aliphatic carbocycles. The summed E-state index contributed by atoms with van der Waals surface area (Å²) in [5.41, 5.74) is 1.30. The highest BCUT2D eigenvalue weighted by Crippen LogP contribution is 1.99. The predicted octanol–water partition coefficient (Wildman–Crippen LogP) is 0.951. The number of hydrogen-bond acceptors (Lipinski definition) is 2. The maximum absolute atomic E-state index is 10.2. The average molecular weight is 136 g/mol. The molecular weight excluding hydrogens is 128 g/mol. The van der Waals surface area contributed by atoms with Gasteiger partial charge in [0.05, 0.1) is 6.33 Å². The van der Waals surface area contributed by atoms with Gasteiger partial charge in [-0.3, -0.25) is 4.79 Å². The summed E-state index contributed by atoms with van der Waals surface area (Å²) in [5.74, 6) is 0. The van der Waals surface area contributed by atoms with Crippen molar-refractivity contribution in [3.8, 4) is 0 Å². The largest absolute Gasteiger partial charge is 0.348 e. The summed E-state index contributed by atoms with van der Waals surface area (Å²) in [6.45, 7) is 3.55. The Morgan fingerprint density at radius 1 is 1.80 bits per heavy atom. The molecule has 3 heteroatoms. The van der Waals surface area contributed by atoms with E-state index in [1.165, 1.54) is 6.33 Å². The fraction of sp³-hybridized carbons (Fsp3) is 0.143. The molecule has 0 amide bonds. The molecule has 52 valence electrons. The number of nitrogens with zero attached hydrogens (tertiary/aromatic N) is 1. The van der Waals surface area contributed by atoms with Crippen LogP contribution in [0.2, 0.25) is 0 Å². The lowest BCUT2D eigenvalue weighted by atomic mass is 10.2. The molecule has 3 nitrogen and oxygen atoms in total. The normalized spacial score (nSPS) is 9.20. The molecule has 1 N–H and O–H groups in total. The van der Waals surface area contributed by atoms with Crippen molar-refractivity contribution in [2.75, 3.05) is 0 Å². The van der Waals surface area contributed by atoms with Crippen LogP contribution in [0.4, 0.5) is 0 Å². The van der Waals surface area contributed by atoms with Gasteiger partial charge in [-0.25, -0.2) is 4.98 Å². The van der Waals surface area contributed by atoms with Gasteiger partial charge >= 0.3 is 0 Å². The van der Waals surface area contributed by atoms with Crippen LogP contribution in [0.15, 0.2) is 19.0 Å². The fourth-order valence-electron chi connectivity index (χ4n) is 0.741. The molecule has 1 aromatic heterocycles. The molecule has 0 saturated carbocycles. The molecule has 0 atom stereocenters. The minimum atomic E-state index is 0.472. The third-order valence-electron chi connectivity index (χ3n) is 1.21. The topological polar surface area (TPSA) is 45.8 Å². The molecule has 0 spiro atoms. The first-order chi connectivity index (χ1) is 4.88. The van der Waals surface area contributed by atoms with Crippen LogP contribution in [-0.4, -0.2) is 16.3 Å². The molecule has 0 aliphatic heterocycles. The maximum Gasteiger partial charge on any atom is 0.170 e. The Balaban J connectivity index is 2.89. The number of carbonyl (C=O) groups excluding carboxylic acids is 1. The molecule has 0 aromatic carbocycles. The van der Waals surface area contributed by atoms with Crippen molar-refractivity contribution in [1.29, 1.82) is 0 Å². The van der Waals surface area contributed by atoms with Gasteiger partial charge in [-0.1, -0.05) is 6.08 Å².